The van der Waals surface area contributed by atoms with Crippen molar-refractivity contribution in [1.29, 1.82) is 0 Å². The van der Waals surface area contributed by atoms with Crippen LogP contribution in [0.25, 0.3) is 0 Å². The smallest absolute Gasteiger partial charge is 0.0701 e. The highest BCUT2D eigenvalue weighted by Crippen LogP contribution is 1.85. The van der Waals surface area contributed by atoms with Gasteiger partial charge in [0.05, 0.1) is 39.6 Å². The lowest BCUT2D eigenvalue weighted by molar-refractivity contribution is -0.0334. The third-order valence-corrected chi connectivity index (χ3v) is 1.52. The first-order valence-electron chi connectivity index (χ1n) is 5.22. The minimum atomic E-state index is 0.727. The van der Waals surface area contributed by atoms with Gasteiger partial charge in [0, 0.05) is 13.2 Å². The van der Waals surface area contributed by atoms with Crippen LogP contribution >= 0.6 is 0 Å². The Morgan fingerprint density at radius 3 is 1.36 bits per heavy atom. The molecule has 1 aliphatic heterocycles. The molecule has 0 aromatic rings. The molecule has 86 valence electrons. The highest BCUT2D eigenvalue weighted by atomic mass is 16.6. The van der Waals surface area contributed by atoms with Gasteiger partial charge in [0.1, 0.15) is 0 Å². The van der Waals surface area contributed by atoms with Gasteiger partial charge in [-0.3, -0.25) is 0 Å². The molecule has 0 radical (unpaired) electrons. The van der Waals surface area contributed by atoms with Gasteiger partial charge >= 0.3 is 0 Å². The molecular weight excluding hydrogens is 184 g/mol. The molecule has 0 amide bonds. The number of ether oxygens (including phenoxy) is 4. The van der Waals surface area contributed by atoms with Crippen molar-refractivity contribution in [2.45, 2.75) is 13.8 Å². The molecule has 1 heterocycles. The highest BCUT2D eigenvalue weighted by molar-refractivity contribution is 4.37. The van der Waals surface area contributed by atoms with E-state index in [4.69, 9.17) is 18.9 Å². The van der Waals surface area contributed by atoms with Crippen LogP contribution in [-0.2, 0) is 18.9 Å². The third kappa shape index (κ3) is 11.8. The van der Waals surface area contributed by atoms with Gasteiger partial charge in [-0.05, 0) is 13.8 Å². The van der Waals surface area contributed by atoms with E-state index in [1.165, 1.54) is 0 Å². The Balaban J connectivity index is 0.000000249. The molecule has 4 heteroatoms. The largest absolute Gasteiger partial charge is 0.379 e. The molecule has 0 bridgehead atoms. The Labute approximate surface area is 86.5 Å². The van der Waals surface area contributed by atoms with Crippen molar-refractivity contribution in [1.82, 2.24) is 0 Å². The van der Waals surface area contributed by atoms with Crippen molar-refractivity contribution >= 4 is 0 Å². The van der Waals surface area contributed by atoms with Crippen molar-refractivity contribution in [3.63, 3.8) is 0 Å². The zero-order chi connectivity index (χ0) is 10.5. The first-order valence-corrected chi connectivity index (χ1v) is 5.22. The van der Waals surface area contributed by atoms with Gasteiger partial charge in [-0.1, -0.05) is 0 Å². The topological polar surface area (TPSA) is 36.9 Å². The zero-order valence-electron chi connectivity index (χ0n) is 9.29. The fourth-order valence-corrected chi connectivity index (χ4v) is 0.846. The molecule has 1 fully saturated rings. The van der Waals surface area contributed by atoms with E-state index in [1.807, 2.05) is 13.8 Å². The van der Waals surface area contributed by atoms with Crippen molar-refractivity contribution in [2.24, 2.45) is 0 Å². The van der Waals surface area contributed by atoms with E-state index in [0.717, 1.165) is 52.9 Å². The minimum Gasteiger partial charge on any atom is -0.379 e. The van der Waals surface area contributed by atoms with Gasteiger partial charge in [-0.15, -0.1) is 0 Å². The van der Waals surface area contributed by atoms with Gasteiger partial charge in [-0.2, -0.15) is 0 Å². The Morgan fingerprint density at radius 1 is 0.786 bits per heavy atom. The Bertz CT molecular complexity index is 76.6. The number of hydrogen-bond acceptors (Lipinski definition) is 4. The first-order chi connectivity index (χ1) is 6.91. The van der Waals surface area contributed by atoms with E-state index in [1.54, 1.807) is 0 Å². The molecule has 1 aliphatic rings. The van der Waals surface area contributed by atoms with E-state index in [9.17, 15) is 0 Å². The number of hydrogen-bond donors (Lipinski definition) is 0. The molecule has 0 atom stereocenters. The standard InChI is InChI=1S/C6H14O2.C4H8O2/c1-3-7-5-6-8-4-2;1-2-6-4-3-5-1/h3-6H2,1-2H3;1-4H2. The van der Waals surface area contributed by atoms with E-state index in [-0.39, 0.29) is 0 Å². The summed E-state index contributed by atoms with van der Waals surface area (Å²) in [4.78, 5) is 0. The van der Waals surface area contributed by atoms with Gasteiger partial charge in [0.2, 0.25) is 0 Å². The monoisotopic (exact) mass is 206 g/mol. The maximum atomic E-state index is 5.01. The van der Waals surface area contributed by atoms with Crippen molar-refractivity contribution in [2.75, 3.05) is 52.9 Å². The average molecular weight is 206 g/mol. The summed E-state index contributed by atoms with van der Waals surface area (Å²) in [6.07, 6.45) is 0. The van der Waals surface area contributed by atoms with Crippen LogP contribution in [0.1, 0.15) is 13.8 Å². The lowest BCUT2D eigenvalue weighted by Crippen LogP contribution is -2.16. The quantitative estimate of drug-likeness (QED) is 0.631. The van der Waals surface area contributed by atoms with Crippen LogP contribution in [0.15, 0.2) is 0 Å². The predicted octanol–water partition coefficient (Wildman–Crippen LogP) is 1.09. The second-order valence-corrected chi connectivity index (χ2v) is 2.62. The van der Waals surface area contributed by atoms with E-state index < -0.39 is 0 Å². The summed E-state index contributed by atoms with van der Waals surface area (Å²) < 4.78 is 19.9. The van der Waals surface area contributed by atoms with Gasteiger partial charge in [-0.25, -0.2) is 0 Å². The Morgan fingerprint density at radius 2 is 1.14 bits per heavy atom. The second-order valence-electron chi connectivity index (χ2n) is 2.62. The molecule has 0 aliphatic carbocycles. The van der Waals surface area contributed by atoms with Crippen molar-refractivity contribution < 1.29 is 18.9 Å². The molecule has 0 unspecified atom stereocenters. The molecule has 0 aromatic carbocycles. The summed E-state index contributed by atoms with van der Waals surface area (Å²) in [6.45, 7) is 10.1. The van der Waals surface area contributed by atoms with Crippen LogP contribution in [-0.4, -0.2) is 52.9 Å². The summed E-state index contributed by atoms with van der Waals surface area (Å²) in [5, 5.41) is 0. The van der Waals surface area contributed by atoms with Crippen LogP contribution in [0.3, 0.4) is 0 Å². The molecule has 1 rings (SSSR count). The lowest BCUT2D eigenvalue weighted by atomic mass is 10.6. The van der Waals surface area contributed by atoms with Crippen LogP contribution < -0.4 is 0 Å². The van der Waals surface area contributed by atoms with Crippen LogP contribution in [0.5, 0.6) is 0 Å². The minimum absolute atomic E-state index is 0.727. The third-order valence-electron chi connectivity index (χ3n) is 1.52. The molecule has 14 heavy (non-hydrogen) atoms. The lowest BCUT2D eigenvalue weighted by Gasteiger charge is -2.09. The van der Waals surface area contributed by atoms with E-state index in [0.29, 0.717) is 0 Å². The Kier molecular flexibility index (Phi) is 12.7. The van der Waals surface area contributed by atoms with Gasteiger partial charge in [0.15, 0.2) is 0 Å². The molecule has 1 saturated heterocycles. The summed E-state index contributed by atoms with van der Waals surface area (Å²) >= 11 is 0. The normalized spacial score (nSPS) is 15.9. The van der Waals surface area contributed by atoms with E-state index >= 15 is 0 Å². The molecule has 0 N–H and O–H groups in total. The summed E-state index contributed by atoms with van der Waals surface area (Å²) in [7, 11) is 0. The van der Waals surface area contributed by atoms with E-state index in [2.05, 4.69) is 0 Å². The van der Waals surface area contributed by atoms with Gasteiger partial charge < -0.3 is 18.9 Å². The number of rotatable bonds is 5. The highest BCUT2D eigenvalue weighted by Gasteiger charge is 1.94. The molecule has 4 nitrogen and oxygen atoms in total. The average Bonchev–Trinajstić information content (AvgIpc) is 2.28. The second kappa shape index (κ2) is 12.8. The zero-order valence-corrected chi connectivity index (χ0v) is 9.29. The molecular formula is C10H22O4. The maximum absolute atomic E-state index is 5.01. The fraction of sp³-hybridized carbons (Fsp3) is 1.00. The van der Waals surface area contributed by atoms with Gasteiger partial charge in [0.25, 0.3) is 0 Å². The predicted molar refractivity (Wildman–Crippen MR) is 54.6 cm³/mol. The SMILES string of the molecule is C1COCCO1.CCOCCOCC. The molecule has 0 saturated carbocycles. The van der Waals surface area contributed by atoms with Crippen LogP contribution in [0.4, 0.5) is 0 Å². The maximum Gasteiger partial charge on any atom is 0.0701 e. The summed E-state index contributed by atoms with van der Waals surface area (Å²) in [6, 6.07) is 0. The summed E-state index contributed by atoms with van der Waals surface area (Å²) in [5.41, 5.74) is 0. The van der Waals surface area contributed by atoms with Crippen LogP contribution in [0.2, 0.25) is 0 Å². The first kappa shape index (κ1) is 13.8. The fourth-order valence-electron chi connectivity index (χ4n) is 0.846. The molecule has 0 spiro atoms. The van der Waals surface area contributed by atoms with Crippen molar-refractivity contribution in [3.8, 4) is 0 Å². The van der Waals surface area contributed by atoms with Crippen molar-refractivity contribution in [3.05, 3.63) is 0 Å². The molecule has 0 aromatic heterocycles. The van der Waals surface area contributed by atoms with Crippen LogP contribution in [0, 0.1) is 0 Å². The Hall–Kier alpha value is -0.160. The summed E-state index contributed by atoms with van der Waals surface area (Å²) in [5.74, 6) is 0.